The van der Waals surface area contributed by atoms with E-state index in [9.17, 15) is 0 Å². The molecule has 0 saturated heterocycles. The van der Waals surface area contributed by atoms with Crippen LogP contribution in [-0.4, -0.2) is 12.6 Å². The molecule has 2 N–H and O–H groups in total. The second-order valence-electron chi connectivity index (χ2n) is 5.39. The number of rotatable bonds is 5. The lowest BCUT2D eigenvalue weighted by atomic mass is 10.0. The summed E-state index contributed by atoms with van der Waals surface area (Å²) in [7, 11) is 0. The molecule has 0 heterocycles. The van der Waals surface area contributed by atoms with Crippen molar-refractivity contribution in [3.05, 3.63) is 59.7 Å². The minimum absolute atomic E-state index is 0.174. The fraction of sp³-hybridized carbons (Fsp3) is 0.333. The van der Waals surface area contributed by atoms with Gasteiger partial charge in [-0.25, -0.2) is 0 Å². The summed E-state index contributed by atoms with van der Waals surface area (Å²) in [6.07, 6.45) is 0.901. The van der Waals surface area contributed by atoms with Gasteiger partial charge in [0.05, 0.1) is 0 Å². The van der Waals surface area contributed by atoms with Gasteiger partial charge >= 0.3 is 0 Å². The quantitative estimate of drug-likeness (QED) is 0.886. The van der Waals surface area contributed by atoms with E-state index in [0.717, 1.165) is 13.0 Å². The van der Waals surface area contributed by atoms with E-state index < -0.39 is 0 Å². The molecular formula is C18H24N2. The van der Waals surface area contributed by atoms with E-state index in [1.54, 1.807) is 0 Å². The van der Waals surface area contributed by atoms with E-state index in [-0.39, 0.29) is 6.04 Å². The summed E-state index contributed by atoms with van der Waals surface area (Å²) >= 11 is 0. The van der Waals surface area contributed by atoms with Gasteiger partial charge in [0.15, 0.2) is 0 Å². The van der Waals surface area contributed by atoms with Crippen LogP contribution in [0.4, 0.5) is 11.4 Å². The number of benzene rings is 2. The van der Waals surface area contributed by atoms with Gasteiger partial charge in [0, 0.05) is 24.0 Å². The number of nitrogens with zero attached hydrogens (tertiary/aromatic N) is 1. The summed E-state index contributed by atoms with van der Waals surface area (Å²) in [6, 6.07) is 17.4. The molecule has 0 fully saturated rings. The van der Waals surface area contributed by atoms with Gasteiger partial charge in [-0.05, 0) is 51.0 Å². The molecule has 106 valence electrons. The highest BCUT2D eigenvalue weighted by Crippen LogP contribution is 2.29. The first-order valence-corrected chi connectivity index (χ1v) is 7.29. The third-order valence-corrected chi connectivity index (χ3v) is 3.49. The summed E-state index contributed by atoms with van der Waals surface area (Å²) in [5, 5.41) is 0. The van der Waals surface area contributed by atoms with Crippen LogP contribution in [0, 0.1) is 6.92 Å². The number of aryl methyl sites for hydroxylation is 1. The van der Waals surface area contributed by atoms with Crippen LogP contribution in [0.5, 0.6) is 0 Å². The van der Waals surface area contributed by atoms with Gasteiger partial charge in [0.2, 0.25) is 0 Å². The number of hydrogen-bond donors (Lipinski definition) is 1. The highest BCUT2D eigenvalue weighted by molar-refractivity contribution is 5.66. The first-order chi connectivity index (χ1) is 9.61. The molecule has 0 aliphatic rings. The lowest BCUT2D eigenvalue weighted by Gasteiger charge is -2.26. The van der Waals surface area contributed by atoms with Crippen LogP contribution in [0.1, 0.15) is 25.0 Å². The largest absolute Gasteiger partial charge is 0.342 e. The minimum atomic E-state index is 0.174. The van der Waals surface area contributed by atoms with Gasteiger partial charge < -0.3 is 10.6 Å². The van der Waals surface area contributed by atoms with Crippen molar-refractivity contribution in [1.29, 1.82) is 0 Å². The maximum atomic E-state index is 5.97. The van der Waals surface area contributed by atoms with E-state index in [2.05, 4.69) is 74.2 Å². The fourth-order valence-corrected chi connectivity index (χ4v) is 2.51. The normalized spacial score (nSPS) is 12.2. The van der Waals surface area contributed by atoms with Crippen LogP contribution in [0.25, 0.3) is 0 Å². The molecule has 20 heavy (non-hydrogen) atoms. The molecule has 0 spiro atoms. The zero-order valence-corrected chi connectivity index (χ0v) is 12.6. The second kappa shape index (κ2) is 6.58. The SMILES string of the molecule is CCN(c1ccc(C)cc1)c1ccccc1CC(C)N. The predicted octanol–water partition coefficient (Wildman–Crippen LogP) is 4.04. The lowest BCUT2D eigenvalue weighted by Crippen LogP contribution is -2.22. The van der Waals surface area contributed by atoms with Crippen molar-refractivity contribution in [3.63, 3.8) is 0 Å². The smallest absolute Gasteiger partial charge is 0.0443 e. The fourth-order valence-electron chi connectivity index (χ4n) is 2.51. The van der Waals surface area contributed by atoms with Crippen molar-refractivity contribution in [2.45, 2.75) is 33.2 Å². The molecule has 0 aromatic heterocycles. The second-order valence-corrected chi connectivity index (χ2v) is 5.39. The van der Waals surface area contributed by atoms with Crippen molar-refractivity contribution in [3.8, 4) is 0 Å². The van der Waals surface area contributed by atoms with Crippen LogP contribution in [0.3, 0.4) is 0 Å². The molecule has 2 aromatic carbocycles. The molecule has 0 radical (unpaired) electrons. The number of nitrogens with two attached hydrogens (primary N) is 1. The van der Waals surface area contributed by atoms with Crippen LogP contribution in [0.15, 0.2) is 48.5 Å². The standard InChI is InChI=1S/C18H24N2/c1-4-20(17-11-9-14(2)10-12-17)18-8-6-5-7-16(18)13-15(3)19/h5-12,15H,4,13,19H2,1-3H3. The van der Waals surface area contributed by atoms with Gasteiger partial charge in [-0.1, -0.05) is 35.9 Å². The van der Waals surface area contributed by atoms with Gasteiger partial charge in [0.25, 0.3) is 0 Å². The van der Waals surface area contributed by atoms with Crippen molar-refractivity contribution in [2.75, 3.05) is 11.4 Å². The van der Waals surface area contributed by atoms with Crippen LogP contribution < -0.4 is 10.6 Å². The maximum absolute atomic E-state index is 5.97. The molecule has 0 saturated carbocycles. The third-order valence-electron chi connectivity index (χ3n) is 3.49. The summed E-state index contributed by atoms with van der Waals surface area (Å²) in [5.74, 6) is 0. The van der Waals surface area contributed by atoms with Gasteiger partial charge in [-0.3, -0.25) is 0 Å². The summed E-state index contributed by atoms with van der Waals surface area (Å²) in [6.45, 7) is 7.30. The predicted molar refractivity (Wildman–Crippen MR) is 87.7 cm³/mol. The zero-order valence-electron chi connectivity index (χ0n) is 12.6. The summed E-state index contributed by atoms with van der Waals surface area (Å²) in [5.41, 5.74) is 11.1. The number of hydrogen-bond acceptors (Lipinski definition) is 2. The molecular weight excluding hydrogens is 244 g/mol. The Morgan fingerprint density at radius 3 is 2.30 bits per heavy atom. The Balaban J connectivity index is 2.38. The van der Waals surface area contributed by atoms with E-state index >= 15 is 0 Å². The minimum Gasteiger partial charge on any atom is -0.342 e. The Kier molecular flexibility index (Phi) is 4.80. The van der Waals surface area contributed by atoms with E-state index in [1.165, 1.54) is 22.5 Å². The summed E-state index contributed by atoms with van der Waals surface area (Å²) < 4.78 is 0. The molecule has 2 aromatic rings. The van der Waals surface area contributed by atoms with Crippen molar-refractivity contribution in [1.82, 2.24) is 0 Å². The Hall–Kier alpha value is -1.80. The van der Waals surface area contributed by atoms with Gasteiger partial charge in [-0.15, -0.1) is 0 Å². The van der Waals surface area contributed by atoms with E-state index in [0.29, 0.717) is 0 Å². The lowest BCUT2D eigenvalue weighted by molar-refractivity contribution is 0.736. The third kappa shape index (κ3) is 3.40. The molecule has 2 heteroatoms. The highest BCUT2D eigenvalue weighted by atomic mass is 15.1. The number of para-hydroxylation sites is 1. The monoisotopic (exact) mass is 268 g/mol. The average molecular weight is 268 g/mol. The summed E-state index contributed by atoms with van der Waals surface area (Å²) in [4.78, 5) is 2.34. The molecule has 1 unspecified atom stereocenters. The Morgan fingerprint density at radius 1 is 1.05 bits per heavy atom. The molecule has 0 aliphatic carbocycles. The van der Waals surface area contributed by atoms with Gasteiger partial charge in [-0.2, -0.15) is 0 Å². The van der Waals surface area contributed by atoms with Gasteiger partial charge in [0.1, 0.15) is 0 Å². The van der Waals surface area contributed by atoms with E-state index in [4.69, 9.17) is 5.73 Å². The first-order valence-electron chi connectivity index (χ1n) is 7.29. The first kappa shape index (κ1) is 14.6. The van der Waals surface area contributed by atoms with Crippen molar-refractivity contribution >= 4 is 11.4 Å². The molecule has 1 atom stereocenters. The Morgan fingerprint density at radius 2 is 1.70 bits per heavy atom. The molecule has 2 nitrogen and oxygen atoms in total. The van der Waals surface area contributed by atoms with Crippen LogP contribution in [-0.2, 0) is 6.42 Å². The Bertz CT molecular complexity index is 544. The van der Waals surface area contributed by atoms with Crippen molar-refractivity contribution < 1.29 is 0 Å². The molecule has 0 bridgehead atoms. The van der Waals surface area contributed by atoms with Crippen LogP contribution in [0.2, 0.25) is 0 Å². The Labute approximate surface area is 122 Å². The highest BCUT2D eigenvalue weighted by Gasteiger charge is 2.12. The maximum Gasteiger partial charge on any atom is 0.0443 e. The average Bonchev–Trinajstić information content (AvgIpc) is 2.43. The van der Waals surface area contributed by atoms with Crippen molar-refractivity contribution in [2.24, 2.45) is 5.73 Å². The number of anilines is 2. The van der Waals surface area contributed by atoms with E-state index in [1.807, 2.05) is 0 Å². The molecule has 2 rings (SSSR count). The zero-order chi connectivity index (χ0) is 14.5. The molecule has 0 amide bonds. The molecule has 0 aliphatic heterocycles. The topological polar surface area (TPSA) is 29.3 Å². The van der Waals surface area contributed by atoms with Crippen LogP contribution >= 0.6 is 0 Å².